The molecule has 1 aromatic rings. The van der Waals surface area contributed by atoms with Gasteiger partial charge in [0.2, 0.25) is 11.9 Å². The number of alkyl carbamates (subject to hydrolysis) is 1. The molecular weight excluding hydrogens is 334 g/mol. The molecule has 1 saturated heterocycles. The lowest BCUT2D eigenvalue weighted by atomic mass is 10.1. The highest BCUT2D eigenvalue weighted by atomic mass is 16.5. The van der Waals surface area contributed by atoms with Crippen LogP contribution in [-0.2, 0) is 16.1 Å². The maximum absolute atomic E-state index is 11.8. The fourth-order valence-corrected chi connectivity index (χ4v) is 2.32. The molecule has 26 heavy (non-hydrogen) atoms. The van der Waals surface area contributed by atoms with Crippen LogP contribution in [0.3, 0.4) is 0 Å². The quantitative estimate of drug-likeness (QED) is 0.375. The number of benzene rings is 1. The summed E-state index contributed by atoms with van der Waals surface area (Å²) in [7, 11) is 0. The van der Waals surface area contributed by atoms with Crippen molar-refractivity contribution in [3.63, 3.8) is 0 Å². The summed E-state index contributed by atoms with van der Waals surface area (Å²) in [5, 5.41) is 16.2. The highest BCUT2D eigenvalue weighted by molar-refractivity contribution is 6.06. The van der Waals surface area contributed by atoms with Gasteiger partial charge in [0.15, 0.2) is 0 Å². The number of hydrogen-bond donors (Lipinski definition) is 3. The molecule has 8 nitrogen and oxygen atoms in total. The van der Waals surface area contributed by atoms with Gasteiger partial charge in [-0.05, 0) is 38.7 Å². The molecule has 0 spiro atoms. The highest BCUT2D eigenvalue weighted by Gasteiger charge is 2.27. The SMILES string of the molecule is CC(C)=N/N=C1\NC(=O)C(CCCCNC(=O)OCc2ccccc2)N1. The second kappa shape index (κ2) is 10.2. The molecule has 1 aromatic carbocycles. The molecule has 3 N–H and O–H groups in total. The standard InChI is InChI=1S/C18H25N5O3/c1-13(2)22-23-17-20-15(16(24)21-17)10-6-7-11-19-18(25)26-12-14-8-4-3-5-9-14/h3-5,8-9,15H,6-7,10-12H2,1-2H3,(H,19,25)(H2,20,21,23,24). The molecule has 0 bridgehead atoms. The molecule has 0 aliphatic carbocycles. The zero-order chi connectivity index (χ0) is 18.8. The van der Waals surface area contributed by atoms with Gasteiger partial charge >= 0.3 is 6.09 Å². The summed E-state index contributed by atoms with van der Waals surface area (Å²) < 4.78 is 5.13. The first-order chi connectivity index (χ1) is 12.5. The molecule has 0 radical (unpaired) electrons. The van der Waals surface area contributed by atoms with E-state index in [-0.39, 0.29) is 18.6 Å². The Morgan fingerprint density at radius 2 is 2.00 bits per heavy atom. The van der Waals surface area contributed by atoms with Crippen molar-refractivity contribution in [1.29, 1.82) is 0 Å². The van der Waals surface area contributed by atoms with Crippen LogP contribution in [0.25, 0.3) is 0 Å². The summed E-state index contributed by atoms with van der Waals surface area (Å²) >= 11 is 0. The Balaban J connectivity index is 1.57. The summed E-state index contributed by atoms with van der Waals surface area (Å²) in [6.07, 6.45) is 1.76. The lowest BCUT2D eigenvalue weighted by Crippen LogP contribution is -2.30. The van der Waals surface area contributed by atoms with Crippen LogP contribution in [0.15, 0.2) is 40.5 Å². The second-order valence-electron chi connectivity index (χ2n) is 6.17. The molecule has 1 aliphatic rings. The minimum Gasteiger partial charge on any atom is -0.445 e. The van der Waals surface area contributed by atoms with Crippen LogP contribution >= 0.6 is 0 Å². The van der Waals surface area contributed by atoms with Crippen molar-refractivity contribution in [2.45, 2.75) is 45.8 Å². The number of nitrogens with one attached hydrogen (secondary N) is 3. The monoisotopic (exact) mass is 359 g/mol. The maximum Gasteiger partial charge on any atom is 0.407 e. The molecule has 0 saturated carbocycles. The van der Waals surface area contributed by atoms with Gasteiger partial charge in [-0.15, -0.1) is 5.10 Å². The first kappa shape index (κ1) is 19.4. The van der Waals surface area contributed by atoms with Gasteiger partial charge in [-0.25, -0.2) is 4.79 Å². The van der Waals surface area contributed by atoms with Crippen LogP contribution in [0, 0.1) is 0 Å². The lowest BCUT2D eigenvalue weighted by Gasteiger charge is -2.09. The van der Waals surface area contributed by atoms with Gasteiger partial charge in [0.05, 0.1) is 0 Å². The Labute approximate surface area is 153 Å². The maximum atomic E-state index is 11.8. The fourth-order valence-electron chi connectivity index (χ4n) is 2.32. The molecule has 1 fully saturated rings. The zero-order valence-corrected chi connectivity index (χ0v) is 15.1. The van der Waals surface area contributed by atoms with Crippen molar-refractivity contribution in [3.05, 3.63) is 35.9 Å². The van der Waals surface area contributed by atoms with E-state index in [0.29, 0.717) is 18.9 Å². The van der Waals surface area contributed by atoms with Gasteiger partial charge in [0, 0.05) is 12.3 Å². The van der Waals surface area contributed by atoms with E-state index in [2.05, 4.69) is 26.2 Å². The molecule has 2 rings (SSSR count). The van der Waals surface area contributed by atoms with Gasteiger partial charge in [0.1, 0.15) is 12.6 Å². The van der Waals surface area contributed by atoms with Crippen LogP contribution in [0.1, 0.15) is 38.7 Å². The van der Waals surface area contributed by atoms with Crippen LogP contribution < -0.4 is 16.0 Å². The van der Waals surface area contributed by atoms with Crippen molar-refractivity contribution >= 4 is 23.7 Å². The average Bonchev–Trinajstić information content (AvgIpc) is 2.98. The Morgan fingerprint density at radius 3 is 2.73 bits per heavy atom. The first-order valence-corrected chi connectivity index (χ1v) is 8.65. The highest BCUT2D eigenvalue weighted by Crippen LogP contribution is 2.05. The summed E-state index contributed by atoms with van der Waals surface area (Å²) in [6, 6.07) is 9.20. The van der Waals surface area contributed by atoms with Gasteiger partial charge in [-0.1, -0.05) is 30.3 Å². The lowest BCUT2D eigenvalue weighted by molar-refractivity contribution is -0.120. The fraction of sp³-hybridized carbons (Fsp3) is 0.444. The molecule has 140 valence electrons. The molecule has 1 aliphatic heterocycles. The molecule has 1 heterocycles. The third kappa shape index (κ3) is 6.92. The summed E-state index contributed by atoms with van der Waals surface area (Å²) in [5.41, 5.74) is 1.75. The minimum absolute atomic E-state index is 0.108. The second-order valence-corrected chi connectivity index (χ2v) is 6.17. The normalized spacial score (nSPS) is 17.4. The number of rotatable bonds is 8. The van der Waals surface area contributed by atoms with Crippen LogP contribution in [0.4, 0.5) is 4.79 Å². The minimum atomic E-state index is -0.437. The van der Waals surface area contributed by atoms with Gasteiger partial charge < -0.3 is 15.4 Å². The largest absolute Gasteiger partial charge is 0.445 e. The molecule has 8 heteroatoms. The van der Waals surface area contributed by atoms with Crippen LogP contribution in [0.5, 0.6) is 0 Å². The first-order valence-electron chi connectivity index (χ1n) is 8.65. The molecule has 1 atom stereocenters. The molecule has 0 aromatic heterocycles. The third-order valence-corrected chi connectivity index (χ3v) is 3.62. The van der Waals surface area contributed by atoms with E-state index in [0.717, 1.165) is 24.1 Å². The molecule has 1 unspecified atom stereocenters. The van der Waals surface area contributed by atoms with Gasteiger partial charge in [-0.3, -0.25) is 10.1 Å². The van der Waals surface area contributed by atoms with Crippen molar-refractivity contribution in [2.24, 2.45) is 10.2 Å². The molecular formula is C18H25N5O3. The van der Waals surface area contributed by atoms with Crippen molar-refractivity contribution in [1.82, 2.24) is 16.0 Å². The van der Waals surface area contributed by atoms with Crippen LogP contribution in [0.2, 0.25) is 0 Å². The van der Waals surface area contributed by atoms with E-state index < -0.39 is 6.09 Å². The van der Waals surface area contributed by atoms with Crippen molar-refractivity contribution in [2.75, 3.05) is 6.54 Å². The Bertz CT molecular complexity index is 669. The number of nitrogens with zero attached hydrogens (tertiary/aromatic N) is 2. The Hall–Kier alpha value is -2.90. The number of amides is 2. The summed E-state index contributed by atoms with van der Waals surface area (Å²) in [6.45, 7) is 4.41. The number of carbonyl (C=O) groups excluding carboxylic acids is 2. The molecule has 2 amide bonds. The van der Waals surface area contributed by atoms with E-state index in [9.17, 15) is 9.59 Å². The van der Waals surface area contributed by atoms with E-state index in [1.165, 1.54) is 0 Å². The predicted molar refractivity (Wildman–Crippen MR) is 99.8 cm³/mol. The number of carbonyl (C=O) groups is 2. The predicted octanol–water partition coefficient (Wildman–Crippen LogP) is 1.92. The Morgan fingerprint density at radius 1 is 1.23 bits per heavy atom. The number of hydrogen-bond acceptors (Lipinski definition) is 5. The zero-order valence-electron chi connectivity index (χ0n) is 15.1. The van der Waals surface area contributed by atoms with Crippen LogP contribution in [-0.4, -0.2) is 36.3 Å². The number of unbranched alkanes of at least 4 members (excludes halogenated alkanes) is 1. The van der Waals surface area contributed by atoms with E-state index >= 15 is 0 Å². The van der Waals surface area contributed by atoms with Gasteiger partial charge in [0.25, 0.3) is 0 Å². The van der Waals surface area contributed by atoms with Crippen molar-refractivity contribution < 1.29 is 14.3 Å². The Kier molecular flexibility index (Phi) is 7.60. The van der Waals surface area contributed by atoms with E-state index in [1.807, 2.05) is 44.2 Å². The summed E-state index contributed by atoms with van der Waals surface area (Å²) in [4.78, 5) is 23.4. The number of ether oxygens (including phenoxy) is 1. The topological polar surface area (TPSA) is 104 Å². The van der Waals surface area contributed by atoms with E-state index in [4.69, 9.17) is 4.74 Å². The summed E-state index contributed by atoms with van der Waals surface area (Å²) in [5.74, 6) is 0.270. The van der Waals surface area contributed by atoms with Gasteiger partial charge in [-0.2, -0.15) is 5.10 Å². The van der Waals surface area contributed by atoms with Crippen molar-refractivity contribution in [3.8, 4) is 0 Å². The smallest absolute Gasteiger partial charge is 0.407 e. The number of guanidine groups is 1. The van der Waals surface area contributed by atoms with E-state index in [1.54, 1.807) is 0 Å². The third-order valence-electron chi connectivity index (χ3n) is 3.62. The average molecular weight is 359 g/mol.